The molecule has 2 aromatic rings. The second-order valence-corrected chi connectivity index (χ2v) is 4.29. The van der Waals surface area contributed by atoms with Crippen molar-refractivity contribution >= 4 is 22.8 Å². The summed E-state index contributed by atoms with van der Waals surface area (Å²) >= 11 is 1.03. The highest BCUT2D eigenvalue weighted by Crippen LogP contribution is 2.29. The monoisotopic (exact) mass is 256 g/mol. The molecule has 0 amide bonds. The van der Waals surface area contributed by atoms with Crippen molar-refractivity contribution in [2.45, 2.75) is 11.8 Å². The molecule has 0 heterocycles. The van der Waals surface area contributed by atoms with Gasteiger partial charge in [-0.2, -0.15) is 4.33 Å². The Labute approximate surface area is 102 Å². The predicted molar refractivity (Wildman–Crippen MR) is 62.6 cm³/mol. The molecular weight excluding hydrogens is 246 g/mol. The number of fused-ring (bicyclic) bond motifs is 1. The highest BCUT2D eigenvalue weighted by molar-refractivity contribution is 7.94. The molecule has 0 unspecified atom stereocenters. The van der Waals surface area contributed by atoms with E-state index in [4.69, 9.17) is 4.33 Å². The SMILES string of the molecule is COOSc1cc2cc(F)c(F)cc2cc1C. The molecule has 0 spiro atoms. The molecule has 0 radical (unpaired) electrons. The minimum Gasteiger partial charge on any atom is -0.227 e. The van der Waals surface area contributed by atoms with E-state index >= 15 is 0 Å². The van der Waals surface area contributed by atoms with Crippen LogP contribution < -0.4 is 0 Å². The summed E-state index contributed by atoms with van der Waals surface area (Å²) in [6.07, 6.45) is 0. The molecule has 0 aliphatic carbocycles. The summed E-state index contributed by atoms with van der Waals surface area (Å²) in [6.45, 7) is 1.86. The smallest absolute Gasteiger partial charge is 0.159 e. The van der Waals surface area contributed by atoms with Gasteiger partial charge in [-0.1, -0.05) is 6.07 Å². The molecule has 0 atom stereocenters. The maximum atomic E-state index is 13.1. The van der Waals surface area contributed by atoms with Gasteiger partial charge >= 0.3 is 0 Å². The fourth-order valence-electron chi connectivity index (χ4n) is 1.55. The van der Waals surface area contributed by atoms with Crippen LogP contribution in [-0.4, -0.2) is 7.11 Å². The van der Waals surface area contributed by atoms with Crippen LogP contribution in [0.25, 0.3) is 10.8 Å². The van der Waals surface area contributed by atoms with Gasteiger partial charge in [-0.15, -0.1) is 0 Å². The molecule has 0 saturated heterocycles. The van der Waals surface area contributed by atoms with Gasteiger partial charge in [0.05, 0.1) is 19.2 Å². The van der Waals surface area contributed by atoms with Crippen LogP contribution >= 0.6 is 12.0 Å². The molecule has 0 bridgehead atoms. The van der Waals surface area contributed by atoms with Crippen LogP contribution in [0.15, 0.2) is 29.2 Å². The molecule has 2 nitrogen and oxygen atoms in total. The van der Waals surface area contributed by atoms with E-state index < -0.39 is 11.6 Å². The van der Waals surface area contributed by atoms with Crippen molar-refractivity contribution < 1.29 is 18.0 Å². The lowest BCUT2D eigenvalue weighted by Crippen LogP contribution is -1.88. The van der Waals surface area contributed by atoms with Gasteiger partial charge in [-0.25, -0.2) is 13.7 Å². The lowest BCUT2D eigenvalue weighted by Gasteiger charge is -2.06. The van der Waals surface area contributed by atoms with Crippen LogP contribution in [0.3, 0.4) is 0 Å². The van der Waals surface area contributed by atoms with Gasteiger partial charge in [0.25, 0.3) is 0 Å². The van der Waals surface area contributed by atoms with Crippen LogP contribution in [0, 0.1) is 18.6 Å². The second-order valence-electron chi connectivity index (χ2n) is 3.55. The highest BCUT2D eigenvalue weighted by Gasteiger charge is 2.08. The first-order chi connectivity index (χ1) is 8.11. The summed E-state index contributed by atoms with van der Waals surface area (Å²) in [7, 11) is 1.40. The Morgan fingerprint density at radius 1 is 1.00 bits per heavy atom. The molecule has 0 saturated carbocycles. The third-order valence-corrected chi connectivity index (χ3v) is 3.19. The number of benzene rings is 2. The van der Waals surface area contributed by atoms with Crippen LogP contribution in [0.4, 0.5) is 8.78 Å². The Hall–Kier alpha value is -1.17. The average molecular weight is 256 g/mol. The van der Waals surface area contributed by atoms with Crippen molar-refractivity contribution in [3.8, 4) is 0 Å². The minimum absolute atomic E-state index is 0.622. The van der Waals surface area contributed by atoms with Crippen molar-refractivity contribution in [2.75, 3.05) is 7.11 Å². The Kier molecular flexibility index (Phi) is 3.61. The normalized spacial score (nSPS) is 11.1. The largest absolute Gasteiger partial charge is 0.227 e. The van der Waals surface area contributed by atoms with Crippen molar-refractivity contribution in [1.29, 1.82) is 0 Å². The van der Waals surface area contributed by atoms with Crippen molar-refractivity contribution in [3.05, 3.63) is 41.5 Å². The summed E-state index contributed by atoms with van der Waals surface area (Å²) in [5.74, 6) is -1.70. The lowest BCUT2D eigenvalue weighted by atomic mass is 10.1. The van der Waals surface area contributed by atoms with E-state index in [1.165, 1.54) is 19.2 Å². The van der Waals surface area contributed by atoms with E-state index in [0.717, 1.165) is 22.5 Å². The number of rotatable bonds is 3. The first kappa shape index (κ1) is 12.3. The van der Waals surface area contributed by atoms with E-state index in [-0.39, 0.29) is 0 Å². The Morgan fingerprint density at radius 3 is 2.18 bits per heavy atom. The van der Waals surface area contributed by atoms with Crippen molar-refractivity contribution in [2.24, 2.45) is 0 Å². The quantitative estimate of drug-likeness (QED) is 0.469. The average Bonchev–Trinajstić information content (AvgIpc) is 2.29. The molecule has 5 heteroatoms. The summed E-state index contributed by atoms with van der Waals surface area (Å²) < 4.78 is 30.9. The molecule has 2 aromatic carbocycles. The maximum absolute atomic E-state index is 13.1. The minimum atomic E-state index is -0.857. The van der Waals surface area contributed by atoms with Crippen molar-refractivity contribution in [3.63, 3.8) is 0 Å². The highest BCUT2D eigenvalue weighted by atomic mass is 32.2. The molecule has 0 aliphatic heterocycles. The van der Waals surface area contributed by atoms with E-state index in [9.17, 15) is 8.78 Å². The topological polar surface area (TPSA) is 18.5 Å². The predicted octanol–water partition coefficient (Wildman–Crippen LogP) is 4.01. The number of halogens is 2. The zero-order valence-corrected chi connectivity index (χ0v) is 10.1. The molecule has 0 fully saturated rings. The Bertz CT molecular complexity index is 558. The van der Waals surface area contributed by atoms with E-state index in [1.807, 2.05) is 6.92 Å². The van der Waals surface area contributed by atoms with Gasteiger partial charge in [0, 0.05) is 4.90 Å². The van der Waals surface area contributed by atoms with E-state index in [1.54, 1.807) is 12.1 Å². The van der Waals surface area contributed by atoms with E-state index in [0.29, 0.717) is 10.8 Å². The fraction of sp³-hybridized carbons (Fsp3) is 0.167. The van der Waals surface area contributed by atoms with Gasteiger partial charge in [-0.3, -0.25) is 0 Å². The molecule has 17 heavy (non-hydrogen) atoms. The molecule has 0 aliphatic rings. The second kappa shape index (κ2) is 5.00. The Morgan fingerprint density at radius 2 is 1.59 bits per heavy atom. The summed E-state index contributed by atoms with van der Waals surface area (Å²) in [4.78, 5) is 5.28. The standard InChI is InChI=1S/C12H10F2O2S/c1-7-3-8-4-10(13)11(14)5-9(8)6-12(7)17-16-15-2/h3-6H,1-2H3. The van der Waals surface area contributed by atoms with Crippen LogP contribution in [-0.2, 0) is 9.22 Å². The summed E-state index contributed by atoms with van der Waals surface area (Å²) in [5, 5.41) is 1.28. The number of hydrogen-bond donors (Lipinski definition) is 0. The zero-order chi connectivity index (χ0) is 12.4. The van der Waals surface area contributed by atoms with Crippen LogP contribution in [0.1, 0.15) is 5.56 Å². The molecule has 2 rings (SSSR count). The molecule has 90 valence electrons. The van der Waals surface area contributed by atoms with Crippen molar-refractivity contribution in [1.82, 2.24) is 0 Å². The van der Waals surface area contributed by atoms with Crippen LogP contribution in [0.2, 0.25) is 0 Å². The molecule has 0 N–H and O–H groups in total. The molecule has 0 aromatic heterocycles. The van der Waals surface area contributed by atoms with Gasteiger partial charge in [0.15, 0.2) is 11.6 Å². The Balaban J connectivity index is 2.51. The third-order valence-electron chi connectivity index (χ3n) is 2.37. The number of aryl methyl sites for hydroxylation is 1. The first-order valence-corrected chi connectivity index (χ1v) is 5.62. The van der Waals surface area contributed by atoms with Crippen LogP contribution in [0.5, 0.6) is 0 Å². The summed E-state index contributed by atoms with van der Waals surface area (Å²) in [5.41, 5.74) is 0.908. The summed E-state index contributed by atoms with van der Waals surface area (Å²) in [6, 6.07) is 5.86. The number of hydrogen-bond acceptors (Lipinski definition) is 3. The van der Waals surface area contributed by atoms with E-state index in [2.05, 4.69) is 4.89 Å². The van der Waals surface area contributed by atoms with Gasteiger partial charge in [0.1, 0.15) is 0 Å². The zero-order valence-electron chi connectivity index (χ0n) is 9.29. The van der Waals surface area contributed by atoms with Gasteiger partial charge in [0.2, 0.25) is 0 Å². The van der Waals surface area contributed by atoms with Gasteiger partial charge in [-0.05, 0) is 41.5 Å². The fourth-order valence-corrected chi connectivity index (χ4v) is 2.05. The lowest BCUT2D eigenvalue weighted by molar-refractivity contribution is -0.160. The van der Waals surface area contributed by atoms with Gasteiger partial charge < -0.3 is 0 Å². The molecular formula is C12H10F2O2S. The third kappa shape index (κ3) is 2.57. The first-order valence-electron chi connectivity index (χ1n) is 4.88. The maximum Gasteiger partial charge on any atom is 0.159 e.